The van der Waals surface area contributed by atoms with Crippen LogP contribution < -0.4 is 0 Å². The second-order valence-corrected chi connectivity index (χ2v) is 9.08. The standard InChI is InChI=1S/C21H40O6/c1-20(2,13-14-21(24,25)26)12-5-3-8-17-10-7-11-18(17)9-4-6-15-27-16-19(22)23/h17-18,24-26H,3-16H2,1-2H3,(H,22,23)/t17-,18-/m0/s1. The van der Waals surface area contributed by atoms with E-state index in [0.717, 1.165) is 37.5 Å². The summed E-state index contributed by atoms with van der Waals surface area (Å²) in [4.78, 5) is 10.4. The van der Waals surface area contributed by atoms with Gasteiger partial charge in [-0.15, -0.1) is 0 Å². The highest BCUT2D eigenvalue weighted by Crippen LogP contribution is 2.39. The van der Waals surface area contributed by atoms with Gasteiger partial charge in [-0.1, -0.05) is 65.2 Å². The molecular formula is C21H40O6. The smallest absolute Gasteiger partial charge is 0.329 e. The Morgan fingerprint density at radius 2 is 1.52 bits per heavy atom. The topological polar surface area (TPSA) is 107 Å². The van der Waals surface area contributed by atoms with Crippen molar-refractivity contribution in [1.82, 2.24) is 0 Å². The molecule has 0 radical (unpaired) electrons. The molecule has 0 spiro atoms. The summed E-state index contributed by atoms with van der Waals surface area (Å²) in [6.07, 6.45) is 12.4. The van der Waals surface area contributed by atoms with Crippen molar-refractivity contribution in [3.63, 3.8) is 0 Å². The van der Waals surface area contributed by atoms with Crippen molar-refractivity contribution in [3.8, 4) is 0 Å². The summed E-state index contributed by atoms with van der Waals surface area (Å²) in [5.41, 5.74) is 0.00443. The molecule has 0 unspecified atom stereocenters. The van der Waals surface area contributed by atoms with Gasteiger partial charge in [0.05, 0.1) is 0 Å². The summed E-state index contributed by atoms with van der Waals surface area (Å²) >= 11 is 0. The molecule has 1 fully saturated rings. The number of aliphatic carboxylic acids is 1. The number of ether oxygens (including phenoxy) is 1. The molecule has 0 aliphatic heterocycles. The molecule has 27 heavy (non-hydrogen) atoms. The Balaban J connectivity index is 2.13. The first kappa shape index (κ1) is 24.3. The zero-order valence-electron chi connectivity index (χ0n) is 17.2. The van der Waals surface area contributed by atoms with Crippen LogP contribution in [0.2, 0.25) is 0 Å². The highest BCUT2D eigenvalue weighted by Gasteiger charge is 2.27. The molecule has 6 heteroatoms. The van der Waals surface area contributed by atoms with Gasteiger partial charge in [-0.25, -0.2) is 4.79 Å². The number of carboxylic acids is 1. The highest BCUT2D eigenvalue weighted by molar-refractivity contribution is 5.67. The van der Waals surface area contributed by atoms with E-state index in [1.165, 1.54) is 38.5 Å². The number of carbonyl (C=O) groups is 1. The average molecular weight is 389 g/mol. The zero-order chi connectivity index (χ0) is 20.3. The van der Waals surface area contributed by atoms with Crippen molar-refractivity contribution in [1.29, 1.82) is 0 Å². The first-order valence-corrected chi connectivity index (χ1v) is 10.6. The summed E-state index contributed by atoms with van der Waals surface area (Å²) in [6, 6.07) is 0. The molecule has 0 saturated heterocycles. The third-order valence-electron chi connectivity index (χ3n) is 5.97. The summed E-state index contributed by atoms with van der Waals surface area (Å²) in [6.45, 7) is 4.57. The van der Waals surface area contributed by atoms with Crippen LogP contribution in [0.5, 0.6) is 0 Å². The number of hydrogen-bond acceptors (Lipinski definition) is 5. The molecule has 160 valence electrons. The second kappa shape index (κ2) is 12.0. The molecule has 2 atom stereocenters. The van der Waals surface area contributed by atoms with Crippen LogP contribution in [-0.2, 0) is 9.53 Å². The van der Waals surface area contributed by atoms with Crippen LogP contribution in [0.4, 0.5) is 0 Å². The predicted octanol–water partition coefficient (Wildman–Crippen LogP) is 3.67. The van der Waals surface area contributed by atoms with E-state index < -0.39 is 11.9 Å². The van der Waals surface area contributed by atoms with Gasteiger partial charge in [0.2, 0.25) is 0 Å². The fourth-order valence-electron chi connectivity index (χ4n) is 4.29. The summed E-state index contributed by atoms with van der Waals surface area (Å²) in [7, 11) is 0. The summed E-state index contributed by atoms with van der Waals surface area (Å²) in [5, 5.41) is 35.7. The lowest BCUT2D eigenvalue weighted by Crippen LogP contribution is -2.29. The molecule has 0 bridgehead atoms. The van der Waals surface area contributed by atoms with Crippen molar-refractivity contribution < 1.29 is 30.0 Å². The summed E-state index contributed by atoms with van der Waals surface area (Å²) < 4.78 is 5.09. The molecule has 0 heterocycles. The third kappa shape index (κ3) is 12.4. The van der Waals surface area contributed by atoms with Gasteiger partial charge in [0.15, 0.2) is 0 Å². The van der Waals surface area contributed by atoms with Crippen LogP contribution in [-0.4, -0.2) is 45.6 Å². The molecular weight excluding hydrogens is 348 g/mol. The van der Waals surface area contributed by atoms with E-state index in [1.807, 2.05) is 0 Å². The van der Waals surface area contributed by atoms with Crippen LogP contribution in [0.25, 0.3) is 0 Å². The third-order valence-corrected chi connectivity index (χ3v) is 5.97. The number of rotatable bonds is 15. The van der Waals surface area contributed by atoms with Crippen LogP contribution in [0.1, 0.15) is 90.9 Å². The molecule has 0 amide bonds. The van der Waals surface area contributed by atoms with E-state index in [9.17, 15) is 4.79 Å². The fourth-order valence-corrected chi connectivity index (χ4v) is 4.29. The van der Waals surface area contributed by atoms with Gasteiger partial charge in [-0.3, -0.25) is 0 Å². The number of aliphatic hydroxyl groups is 3. The normalized spacial score (nSPS) is 20.9. The van der Waals surface area contributed by atoms with E-state index >= 15 is 0 Å². The van der Waals surface area contributed by atoms with Crippen LogP contribution in [0.15, 0.2) is 0 Å². The van der Waals surface area contributed by atoms with Gasteiger partial charge in [0.1, 0.15) is 6.61 Å². The quantitative estimate of drug-likeness (QED) is 0.252. The van der Waals surface area contributed by atoms with Crippen LogP contribution in [0, 0.1) is 17.3 Å². The second-order valence-electron chi connectivity index (χ2n) is 9.08. The lowest BCUT2D eigenvalue weighted by Gasteiger charge is -2.27. The zero-order valence-corrected chi connectivity index (χ0v) is 17.2. The maximum atomic E-state index is 10.4. The first-order valence-electron chi connectivity index (χ1n) is 10.6. The van der Waals surface area contributed by atoms with Crippen molar-refractivity contribution in [2.24, 2.45) is 17.3 Å². The Bertz CT molecular complexity index is 415. The molecule has 0 aromatic carbocycles. The Hall–Kier alpha value is -0.690. The van der Waals surface area contributed by atoms with E-state index in [0.29, 0.717) is 13.0 Å². The van der Waals surface area contributed by atoms with E-state index in [-0.39, 0.29) is 18.4 Å². The Morgan fingerprint density at radius 1 is 0.926 bits per heavy atom. The van der Waals surface area contributed by atoms with Crippen molar-refractivity contribution >= 4 is 5.97 Å². The van der Waals surface area contributed by atoms with Gasteiger partial charge in [0, 0.05) is 13.0 Å². The Labute approximate surface area is 163 Å². The number of carboxylic acid groups (broad SMARTS) is 1. The maximum Gasteiger partial charge on any atom is 0.329 e. The lowest BCUT2D eigenvalue weighted by atomic mass is 9.81. The van der Waals surface area contributed by atoms with Gasteiger partial charge in [-0.2, -0.15) is 0 Å². The number of unbranched alkanes of at least 4 members (excludes halogenated alkanes) is 2. The van der Waals surface area contributed by atoms with E-state index in [2.05, 4.69) is 13.8 Å². The molecule has 6 nitrogen and oxygen atoms in total. The minimum Gasteiger partial charge on any atom is -0.480 e. The van der Waals surface area contributed by atoms with Gasteiger partial charge in [0.25, 0.3) is 5.97 Å². The van der Waals surface area contributed by atoms with E-state index in [4.69, 9.17) is 25.2 Å². The Morgan fingerprint density at radius 3 is 2.07 bits per heavy atom. The molecule has 4 N–H and O–H groups in total. The minimum absolute atomic E-state index is 0.00443. The van der Waals surface area contributed by atoms with Crippen molar-refractivity contribution in [2.75, 3.05) is 13.2 Å². The predicted molar refractivity (Wildman–Crippen MR) is 104 cm³/mol. The molecule has 1 rings (SSSR count). The molecule has 1 aliphatic rings. The van der Waals surface area contributed by atoms with Crippen molar-refractivity contribution in [2.45, 2.75) is 96.9 Å². The van der Waals surface area contributed by atoms with Crippen LogP contribution in [0.3, 0.4) is 0 Å². The molecule has 0 aromatic heterocycles. The fraction of sp³-hybridized carbons (Fsp3) is 0.952. The molecule has 1 aliphatic carbocycles. The molecule has 1 saturated carbocycles. The maximum absolute atomic E-state index is 10.4. The lowest BCUT2D eigenvalue weighted by molar-refractivity contribution is -0.316. The van der Waals surface area contributed by atoms with E-state index in [1.54, 1.807) is 0 Å². The largest absolute Gasteiger partial charge is 0.480 e. The van der Waals surface area contributed by atoms with Gasteiger partial charge < -0.3 is 25.2 Å². The SMILES string of the molecule is CC(C)(CCCC[C@H]1CCC[C@@H]1CCCCOCC(=O)O)CCC(O)(O)O. The number of hydrogen-bond donors (Lipinski definition) is 4. The highest BCUT2D eigenvalue weighted by atomic mass is 16.7. The molecule has 0 aromatic rings. The minimum atomic E-state index is -2.55. The van der Waals surface area contributed by atoms with Gasteiger partial charge >= 0.3 is 5.97 Å². The van der Waals surface area contributed by atoms with Crippen LogP contribution >= 0.6 is 0 Å². The van der Waals surface area contributed by atoms with Gasteiger partial charge in [-0.05, 0) is 36.5 Å². The first-order chi connectivity index (χ1) is 12.6. The monoisotopic (exact) mass is 388 g/mol. The van der Waals surface area contributed by atoms with Crippen molar-refractivity contribution in [3.05, 3.63) is 0 Å². The average Bonchev–Trinajstić information content (AvgIpc) is 3.00. The summed E-state index contributed by atoms with van der Waals surface area (Å²) in [5.74, 6) is -1.84. The Kier molecular flexibility index (Phi) is 10.8.